The minimum Gasteiger partial charge on any atom is -0.463 e. The van der Waals surface area contributed by atoms with Crippen molar-refractivity contribution in [3.8, 4) is 0 Å². The summed E-state index contributed by atoms with van der Waals surface area (Å²) in [5, 5.41) is 17.0. The maximum atomic E-state index is 10.6. The van der Waals surface area contributed by atoms with Gasteiger partial charge in [-0.25, -0.2) is 0 Å². The largest absolute Gasteiger partial charge is 0.463 e. The number of ether oxygens (including phenoxy) is 1. The van der Waals surface area contributed by atoms with Crippen LogP contribution < -0.4 is 0 Å². The summed E-state index contributed by atoms with van der Waals surface area (Å²) >= 11 is 0. The van der Waals surface area contributed by atoms with E-state index in [1.807, 2.05) is 0 Å². The summed E-state index contributed by atoms with van der Waals surface area (Å²) in [4.78, 5) is 10.6. The number of hydrogen-bond acceptors (Lipinski definition) is 4. The van der Waals surface area contributed by atoms with Gasteiger partial charge in [0.1, 0.15) is 12.7 Å². The first-order chi connectivity index (χ1) is 5.20. The summed E-state index contributed by atoms with van der Waals surface area (Å²) in [7, 11) is 0. The lowest BCUT2D eigenvalue weighted by Gasteiger charge is -2.06. The molecule has 0 amide bonds. The number of aliphatic hydroxyl groups is 2. The summed E-state index contributed by atoms with van der Waals surface area (Å²) in [6.07, 6.45) is 0.551. The van der Waals surface area contributed by atoms with Gasteiger partial charge in [0.25, 0.3) is 0 Å². The maximum absolute atomic E-state index is 10.6. The van der Waals surface area contributed by atoms with Gasteiger partial charge in [-0.15, -0.1) is 6.58 Å². The molecule has 4 heteroatoms. The van der Waals surface area contributed by atoms with Crippen molar-refractivity contribution in [1.29, 1.82) is 0 Å². The van der Waals surface area contributed by atoms with Crippen LogP contribution in [0.25, 0.3) is 0 Å². The van der Waals surface area contributed by atoms with Crippen LogP contribution in [-0.2, 0) is 9.53 Å². The van der Waals surface area contributed by atoms with Gasteiger partial charge < -0.3 is 14.9 Å². The molecule has 11 heavy (non-hydrogen) atoms. The molecule has 0 aliphatic rings. The molecule has 0 spiro atoms. The highest BCUT2D eigenvalue weighted by atomic mass is 16.5. The molecule has 0 aliphatic heterocycles. The summed E-state index contributed by atoms with van der Waals surface area (Å²) in [6, 6.07) is 0. The number of rotatable bonds is 5. The van der Waals surface area contributed by atoms with Crippen LogP contribution in [0.15, 0.2) is 12.7 Å². The molecule has 0 fully saturated rings. The van der Waals surface area contributed by atoms with E-state index in [9.17, 15) is 4.79 Å². The van der Waals surface area contributed by atoms with Crippen molar-refractivity contribution in [2.24, 2.45) is 0 Å². The topological polar surface area (TPSA) is 66.8 Å². The molecule has 0 aromatic carbocycles. The molecule has 0 radical (unpaired) electrons. The second-order valence-corrected chi connectivity index (χ2v) is 2.01. The molecule has 1 atom stereocenters. The Labute approximate surface area is 65.1 Å². The van der Waals surface area contributed by atoms with Gasteiger partial charge in [0.15, 0.2) is 0 Å². The van der Waals surface area contributed by atoms with Crippen LogP contribution in [0.2, 0.25) is 0 Å². The van der Waals surface area contributed by atoms with Crippen molar-refractivity contribution in [2.75, 3.05) is 13.2 Å². The van der Waals surface area contributed by atoms with Crippen LogP contribution in [0.3, 0.4) is 0 Å². The summed E-state index contributed by atoms with van der Waals surface area (Å²) in [5.74, 6) is -0.451. The van der Waals surface area contributed by atoms with E-state index < -0.39 is 18.7 Å². The van der Waals surface area contributed by atoms with Crippen LogP contribution in [0.1, 0.15) is 6.42 Å². The molecular formula is C7H12O4. The monoisotopic (exact) mass is 160 g/mol. The van der Waals surface area contributed by atoms with Crippen molar-refractivity contribution in [1.82, 2.24) is 0 Å². The average Bonchev–Trinajstić information content (AvgIpc) is 2.01. The molecule has 0 aromatic rings. The molecule has 64 valence electrons. The highest BCUT2D eigenvalue weighted by Gasteiger charge is 2.05. The third-order valence-electron chi connectivity index (χ3n) is 0.958. The van der Waals surface area contributed by atoms with Crippen molar-refractivity contribution >= 4 is 5.97 Å². The fourth-order valence-corrected chi connectivity index (χ4v) is 0.419. The van der Waals surface area contributed by atoms with Crippen molar-refractivity contribution in [2.45, 2.75) is 12.5 Å². The van der Waals surface area contributed by atoms with Crippen LogP contribution in [0.4, 0.5) is 0 Å². The molecule has 0 heterocycles. The van der Waals surface area contributed by atoms with Gasteiger partial charge in [-0.3, -0.25) is 4.79 Å². The van der Waals surface area contributed by atoms with Crippen LogP contribution in [-0.4, -0.2) is 35.5 Å². The molecule has 0 saturated carbocycles. The zero-order valence-electron chi connectivity index (χ0n) is 6.19. The Bertz CT molecular complexity index is 132. The van der Waals surface area contributed by atoms with Gasteiger partial charge >= 0.3 is 5.97 Å². The van der Waals surface area contributed by atoms with Crippen molar-refractivity contribution in [3.63, 3.8) is 0 Å². The molecule has 0 rings (SSSR count). The van der Waals surface area contributed by atoms with E-state index in [1.54, 1.807) is 0 Å². The predicted octanol–water partition coefficient (Wildman–Crippen LogP) is -0.541. The van der Waals surface area contributed by atoms with E-state index in [-0.39, 0.29) is 13.0 Å². The molecule has 1 unspecified atom stereocenters. The van der Waals surface area contributed by atoms with E-state index in [2.05, 4.69) is 11.3 Å². The molecular weight excluding hydrogens is 148 g/mol. The Morgan fingerprint density at radius 1 is 1.73 bits per heavy atom. The van der Waals surface area contributed by atoms with Crippen LogP contribution in [0.5, 0.6) is 0 Å². The number of esters is 1. The fraction of sp³-hybridized carbons (Fsp3) is 0.571. The Morgan fingerprint density at radius 2 is 2.36 bits per heavy atom. The van der Waals surface area contributed by atoms with Gasteiger partial charge in [-0.05, 0) is 0 Å². The van der Waals surface area contributed by atoms with E-state index in [0.29, 0.717) is 0 Å². The zero-order valence-corrected chi connectivity index (χ0v) is 6.19. The Kier molecular flexibility index (Phi) is 5.42. The van der Waals surface area contributed by atoms with E-state index >= 15 is 0 Å². The predicted molar refractivity (Wildman–Crippen MR) is 38.9 cm³/mol. The average molecular weight is 160 g/mol. The first-order valence-electron chi connectivity index (χ1n) is 3.26. The third kappa shape index (κ3) is 5.57. The minimum absolute atomic E-state index is 0.123. The molecule has 0 aromatic heterocycles. The highest BCUT2D eigenvalue weighted by molar-refractivity contribution is 5.70. The Morgan fingerprint density at radius 3 is 2.82 bits per heavy atom. The van der Waals surface area contributed by atoms with Crippen LogP contribution >= 0.6 is 0 Å². The second-order valence-electron chi connectivity index (χ2n) is 2.01. The lowest BCUT2D eigenvalue weighted by Crippen LogP contribution is -2.21. The normalized spacial score (nSPS) is 12.2. The smallest absolute Gasteiger partial charge is 0.309 e. The second kappa shape index (κ2) is 5.88. The van der Waals surface area contributed by atoms with Crippen molar-refractivity contribution in [3.05, 3.63) is 12.7 Å². The van der Waals surface area contributed by atoms with E-state index in [4.69, 9.17) is 10.2 Å². The van der Waals surface area contributed by atoms with E-state index in [0.717, 1.165) is 0 Å². The molecule has 0 aliphatic carbocycles. The quantitative estimate of drug-likeness (QED) is 0.418. The first-order valence-corrected chi connectivity index (χ1v) is 3.26. The van der Waals surface area contributed by atoms with Crippen molar-refractivity contribution < 1.29 is 19.7 Å². The number of aliphatic hydroxyl groups excluding tert-OH is 2. The van der Waals surface area contributed by atoms with Crippen LogP contribution in [0, 0.1) is 0 Å². The summed E-state index contributed by atoms with van der Waals surface area (Å²) in [5.41, 5.74) is 0. The van der Waals surface area contributed by atoms with Gasteiger partial charge in [-0.1, -0.05) is 6.08 Å². The Hall–Kier alpha value is -0.870. The standard InChI is InChI=1S/C7H12O4/c1-2-3-7(10)11-5-6(9)4-8/h2,6,8-9H,1,3-5H2. The number of hydrogen-bond donors (Lipinski definition) is 2. The fourth-order valence-electron chi connectivity index (χ4n) is 0.419. The molecule has 4 nitrogen and oxygen atoms in total. The van der Waals surface area contributed by atoms with Gasteiger partial charge in [0, 0.05) is 0 Å². The summed E-state index contributed by atoms with van der Waals surface area (Å²) in [6.45, 7) is 2.77. The maximum Gasteiger partial charge on any atom is 0.309 e. The summed E-state index contributed by atoms with van der Waals surface area (Å²) < 4.78 is 4.51. The Balaban J connectivity index is 3.37. The highest BCUT2D eigenvalue weighted by Crippen LogP contribution is 1.89. The number of carbonyl (C=O) groups excluding carboxylic acids is 1. The molecule has 0 saturated heterocycles. The zero-order chi connectivity index (χ0) is 8.69. The molecule has 0 bridgehead atoms. The minimum atomic E-state index is -0.983. The van der Waals surface area contributed by atoms with Gasteiger partial charge in [-0.2, -0.15) is 0 Å². The van der Waals surface area contributed by atoms with E-state index in [1.165, 1.54) is 6.08 Å². The molecule has 2 N–H and O–H groups in total. The van der Waals surface area contributed by atoms with Gasteiger partial charge in [0.05, 0.1) is 13.0 Å². The first kappa shape index (κ1) is 10.1. The van der Waals surface area contributed by atoms with Gasteiger partial charge in [0.2, 0.25) is 0 Å². The SMILES string of the molecule is C=CCC(=O)OCC(O)CO. The lowest BCUT2D eigenvalue weighted by atomic mass is 10.4. The lowest BCUT2D eigenvalue weighted by molar-refractivity contribution is -0.146. The number of carbonyl (C=O) groups is 1. The third-order valence-corrected chi connectivity index (χ3v) is 0.958.